The molecule has 3 rings (SSSR count). The molecule has 6 nitrogen and oxygen atoms in total. The zero-order chi connectivity index (χ0) is 24.3. The Labute approximate surface area is 202 Å². The predicted octanol–water partition coefficient (Wildman–Crippen LogP) is 4.02. The zero-order valence-corrected chi connectivity index (χ0v) is 19.9. The lowest BCUT2D eigenvalue weighted by Gasteiger charge is -2.31. The Morgan fingerprint density at radius 3 is 2.18 bits per heavy atom. The summed E-state index contributed by atoms with van der Waals surface area (Å²) in [7, 11) is 0. The summed E-state index contributed by atoms with van der Waals surface area (Å²) in [5.41, 5.74) is 2.02. The maximum Gasteiger partial charge on any atom is 0.194 e. The van der Waals surface area contributed by atoms with Gasteiger partial charge in [0.1, 0.15) is 30.0 Å². The summed E-state index contributed by atoms with van der Waals surface area (Å²) >= 11 is 0. The second-order valence-electron chi connectivity index (χ2n) is 8.57. The Bertz CT molecular complexity index is 978. The molecular weight excluding hydrogens is 430 g/mol. The van der Waals surface area contributed by atoms with Crippen LogP contribution in [0, 0.1) is 0 Å². The Morgan fingerprint density at radius 1 is 0.824 bits per heavy atom. The van der Waals surface area contributed by atoms with E-state index in [1.807, 2.05) is 72.8 Å². The van der Waals surface area contributed by atoms with Crippen molar-refractivity contribution >= 4 is 0 Å². The van der Waals surface area contributed by atoms with Crippen molar-refractivity contribution in [3.8, 4) is 17.2 Å². The van der Waals surface area contributed by atoms with Crippen LogP contribution in [0.4, 0.5) is 0 Å². The Morgan fingerprint density at radius 2 is 1.50 bits per heavy atom. The van der Waals surface area contributed by atoms with Crippen molar-refractivity contribution in [3.05, 3.63) is 90.0 Å². The van der Waals surface area contributed by atoms with E-state index in [-0.39, 0.29) is 18.4 Å². The standard InChI is InChI=1S/C28H35NO5/c1-21(18-23-12-14-27(15-13-23)34-22(2)30)29(17-16-24-8-6-7-11-28(24)32)19-25(31)20-33-26-9-4-3-5-10-26/h3-15,21-22,25,30-32H,16-20H2,1-2H3. The minimum absolute atomic E-state index is 0.140. The first-order valence-corrected chi connectivity index (χ1v) is 11.7. The van der Waals surface area contributed by atoms with Crippen molar-refractivity contribution in [1.29, 1.82) is 0 Å². The average molecular weight is 466 g/mol. The van der Waals surface area contributed by atoms with Crippen LogP contribution < -0.4 is 9.47 Å². The number of phenols is 1. The summed E-state index contributed by atoms with van der Waals surface area (Å²) in [5.74, 6) is 1.64. The van der Waals surface area contributed by atoms with Crippen LogP contribution in [0.15, 0.2) is 78.9 Å². The van der Waals surface area contributed by atoms with Gasteiger partial charge in [-0.1, -0.05) is 48.5 Å². The maximum atomic E-state index is 10.7. The number of aliphatic hydroxyl groups excluding tert-OH is 2. The largest absolute Gasteiger partial charge is 0.508 e. The third-order valence-corrected chi connectivity index (χ3v) is 5.68. The molecule has 0 aliphatic rings. The van der Waals surface area contributed by atoms with Gasteiger partial charge in [-0.2, -0.15) is 0 Å². The highest BCUT2D eigenvalue weighted by molar-refractivity contribution is 5.32. The average Bonchev–Trinajstić information content (AvgIpc) is 2.83. The van der Waals surface area contributed by atoms with Crippen molar-refractivity contribution in [1.82, 2.24) is 4.90 Å². The molecule has 34 heavy (non-hydrogen) atoms. The van der Waals surface area contributed by atoms with E-state index in [0.29, 0.717) is 25.3 Å². The van der Waals surface area contributed by atoms with Crippen molar-refractivity contribution in [2.24, 2.45) is 0 Å². The molecular formula is C28H35NO5. The highest BCUT2D eigenvalue weighted by atomic mass is 16.6. The smallest absolute Gasteiger partial charge is 0.194 e. The molecule has 0 fully saturated rings. The van der Waals surface area contributed by atoms with Crippen LogP contribution >= 0.6 is 0 Å². The summed E-state index contributed by atoms with van der Waals surface area (Å²) in [6.45, 7) is 5.05. The molecule has 6 heteroatoms. The van der Waals surface area contributed by atoms with Gasteiger partial charge in [0.15, 0.2) is 6.29 Å². The molecule has 0 spiro atoms. The van der Waals surface area contributed by atoms with Gasteiger partial charge >= 0.3 is 0 Å². The lowest BCUT2D eigenvalue weighted by Crippen LogP contribution is -2.43. The number of aromatic hydroxyl groups is 1. The molecule has 3 aromatic carbocycles. The van der Waals surface area contributed by atoms with Crippen molar-refractivity contribution in [2.45, 2.75) is 45.1 Å². The molecule has 3 unspecified atom stereocenters. The second kappa shape index (κ2) is 13.0. The Kier molecular flexibility index (Phi) is 9.76. The monoisotopic (exact) mass is 465 g/mol. The van der Waals surface area contributed by atoms with E-state index in [4.69, 9.17) is 9.47 Å². The predicted molar refractivity (Wildman–Crippen MR) is 133 cm³/mol. The van der Waals surface area contributed by atoms with E-state index in [2.05, 4.69) is 11.8 Å². The normalized spacial score (nSPS) is 13.9. The van der Waals surface area contributed by atoms with Gasteiger partial charge in [-0.15, -0.1) is 0 Å². The van der Waals surface area contributed by atoms with Crippen LogP contribution in [-0.4, -0.2) is 58.4 Å². The van der Waals surface area contributed by atoms with Crippen LogP contribution in [0.1, 0.15) is 25.0 Å². The number of benzene rings is 3. The number of rotatable bonds is 13. The van der Waals surface area contributed by atoms with E-state index in [1.165, 1.54) is 0 Å². The fourth-order valence-corrected chi connectivity index (χ4v) is 3.88. The number of para-hydroxylation sites is 2. The van der Waals surface area contributed by atoms with E-state index < -0.39 is 12.4 Å². The first kappa shape index (κ1) is 25.6. The zero-order valence-electron chi connectivity index (χ0n) is 19.9. The highest BCUT2D eigenvalue weighted by Gasteiger charge is 2.19. The quantitative estimate of drug-likeness (QED) is 0.331. The molecule has 0 heterocycles. The second-order valence-corrected chi connectivity index (χ2v) is 8.57. The number of hydrogen-bond donors (Lipinski definition) is 3. The SMILES string of the molecule is CC(O)Oc1ccc(CC(C)N(CCc2ccccc2O)CC(O)COc2ccccc2)cc1. The van der Waals surface area contributed by atoms with Crippen molar-refractivity contribution < 1.29 is 24.8 Å². The molecule has 0 aliphatic carbocycles. The summed E-state index contributed by atoms with van der Waals surface area (Å²) in [6, 6.07) is 24.7. The van der Waals surface area contributed by atoms with Crippen LogP contribution in [0.25, 0.3) is 0 Å². The molecule has 0 aromatic heterocycles. The number of hydrogen-bond acceptors (Lipinski definition) is 6. The molecule has 0 amide bonds. The maximum absolute atomic E-state index is 10.7. The van der Waals surface area contributed by atoms with Gasteiger partial charge in [0.05, 0.1) is 0 Å². The van der Waals surface area contributed by atoms with Gasteiger partial charge in [-0.05, 0) is 68.1 Å². The van der Waals surface area contributed by atoms with Crippen molar-refractivity contribution in [2.75, 3.05) is 19.7 Å². The lowest BCUT2D eigenvalue weighted by atomic mass is 10.0. The van der Waals surface area contributed by atoms with Crippen LogP contribution in [-0.2, 0) is 12.8 Å². The molecule has 0 saturated carbocycles. The highest BCUT2D eigenvalue weighted by Crippen LogP contribution is 2.19. The molecule has 0 saturated heterocycles. The minimum Gasteiger partial charge on any atom is -0.508 e. The summed E-state index contributed by atoms with van der Waals surface area (Å²) in [6.07, 6.45) is -0.0602. The summed E-state index contributed by atoms with van der Waals surface area (Å²) in [4.78, 5) is 2.23. The molecule has 0 aliphatic heterocycles. The fraction of sp³-hybridized carbons (Fsp3) is 0.357. The van der Waals surface area contributed by atoms with Gasteiger partial charge in [-0.3, -0.25) is 4.90 Å². The molecule has 3 aromatic rings. The van der Waals surface area contributed by atoms with E-state index in [9.17, 15) is 15.3 Å². The molecule has 3 atom stereocenters. The first-order valence-electron chi connectivity index (χ1n) is 11.7. The molecule has 3 N–H and O–H groups in total. The van der Waals surface area contributed by atoms with Crippen LogP contribution in [0.2, 0.25) is 0 Å². The topological polar surface area (TPSA) is 82.4 Å². The number of nitrogens with zero attached hydrogens (tertiary/aromatic N) is 1. The molecule has 182 valence electrons. The van der Waals surface area contributed by atoms with Gasteiger partial charge in [0.2, 0.25) is 0 Å². The number of ether oxygens (including phenoxy) is 2. The van der Waals surface area contributed by atoms with Crippen LogP contribution in [0.5, 0.6) is 17.2 Å². The van der Waals surface area contributed by atoms with E-state index >= 15 is 0 Å². The fourth-order valence-electron chi connectivity index (χ4n) is 3.88. The molecule has 0 bridgehead atoms. The van der Waals surface area contributed by atoms with Gasteiger partial charge < -0.3 is 24.8 Å². The third-order valence-electron chi connectivity index (χ3n) is 5.68. The summed E-state index contributed by atoms with van der Waals surface area (Å²) < 4.78 is 11.1. The summed E-state index contributed by atoms with van der Waals surface area (Å²) in [5, 5.41) is 30.3. The Balaban J connectivity index is 1.63. The number of aliphatic hydroxyl groups is 2. The van der Waals surface area contributed by atoms with Gasteiger partial charge in [-0.25, -0.2) is 0 Å². The van der Waals surface area contributed by atoms with Gasteiger partial charge in [0.25, 0.3) is 0 Å². The minimum atomic E-state index is -0.853. The first-order chi connectivity index (χ1) is 16.4. The van der Waals surface area contributed by atoms with Gasteiger partial charge in [0, 0.05) is 19.1 Å². The Hall–Kier alpha value is -3.06. The van der Waals surface area contributed by atoms with E-state index in [0.717, 1.165) is 23.3 Å². The van der Waals surface area contributed by atoms with Crippen LogP contribution in [0.3, 0.4) is 0 Å². The molecule has 0 radical (unpaired) electrons. The number of phenolic OH excluding ortho intramolecular Hbond substituents is 1. The third kappa shape index (κ3) is 8.37. The van der Waals surface area contributed by atoms with Crippen molar-refractivity contribution in [3.63, 3.8) is 0 Å². The van der Waals surface area contributed by atoms with E-state index in [1.54, 1.807) is 13.0 Å². The lowest BCUT2D eigenvalue weighted by molar-refractivity contribution is -0.000311.